The first-order valence-corrected chi connectivity index (χ1v) is 8.11. The van der Waals surface area contributed by atoms with Gasteiger partial charge in [0, 0.05) is 10.8 Å². The van der Waals surface area contributed by atoms with Gasteiger partial charge in [-0.1, -0.05) is 25.1 Å². The fourth-order valence-electron chi connectivity index (χ4n) is 2.56. The summed E-state index contributed by atoms with van der Waals surface area (Å²) in [6, 6.07) is 12.9. The number of carboxylic acids is 1. The van der Waals surface area contributed by atoms with Gasteiger partial charge in [-0.15, -0.1) is 0 Å². The second-order valence-corrected chi connectivity index (χ2v) is 5.93. The molecule has 0 unspecified atom stereocenters. The number of hydrogen-bond acceptors (Lipinski definition) is 4. The largest absolute Gasteiger partial charge is 0.505 e. The van der Waals surface area contributed by atoms with E-state index in [4.69, 9.17) is 4.74 Å². The number of aromatic nitrogens is 1. The lowest BCUT2D eigenvalue weighted by Gasteiger charge is -2.13. The van der Waals surface area contributed by atoms with Gasteiger partial charge < -0.3 is 14.9 Å². The third-order valence-electron chi connectivity index (χ3n) is 3.65. The molecule has 2 N–H and O–H groups in total. The van der Waals surface area contributed by atoms with Crippen molar-refractivity contribution in [2.75, 3.05) is 0 Å². The van der Waals surface area contributed by atoms with Gasteiger partial charge in [0.2, 0.25) is 0 Å². The van der Waals surface area contributed by atoms with Crippen LogP contribution in [0.4, 0.5) is 0 Å². The molecule has 0 fully saturated rings. The number of nitrogens with zero attached hydrogens (tertiary/aromatic N) is 1. The first-order chi connectivity index (χ1) is 11.5. The van der Waals surface area contributed by atoms with E-state index in [2.05, 4.69) is 20.9 Å². The highest BCUT2D eigenvalue weighted by atomic mass is 79.9. The van der Waals surface area contributed by atoms with Gasteiger partial charge in [-0.25, -0.2) is 9.78 Å². The molecule has 0 atom stereocenters. The number of carboxylic acid groups (broad SMARTS) is 1. The molecular formula is C18H14BrNO4. The SMILES string of the molecule is CCc1cc(Oc2ccccc2)cc2c(Br)nc(C(=O)O)c(O)c12. The Hall–Kier alpha value is -2.60. The molecule has 1 heterocycles. The fraction of sp³-hybridized carbons (Fsp3) is 0.111. The van der Waals surface area contributed by atoms with Crippen molar-refractivity contribution >= 4 is 32.7 Å². The monoisotopic (exact) mass is 387 g/mol. The molecule has 0 aliphatic heterocycles. The fourth-order valence-corrected chi connectivity index (χ4v) is 3.05. The van der Waals surface area contributed by atoms with Crippen LogP contribution in [0.25, 0.3) is 10.8 Å². The predicted molar refractivity (Wildman–Crippen MR) is 94.0 cm³/mol. The van der Waals surface area contributed by atoms with Crippen molar-refractivity contribution in [1.29, 1.82) is 0 Å². The van der Waals surface area contributed by atoms with Crippen molar-refractivity contribution in [2.24, 2.45) is 0 Å². The second-order valence-electron chi connectivity index (χ2n) is 5.18. The Labute approximate surface area is 146 Å². The number of aromatic hydroxyl groups is 1. The van der Waals surface area contributed by atoms with Crippen molar-refractivity contribution in [3.8, 4) is 17.2 Å². The molecule has 24 heavy (non-hydrogen) atoms. The summed E-state index contributed by atoms with van der Waals surface area (Å²) >= 11 is 3.29. The lowest BCUT2D eigenvalue weighted by Crippen LogP contribution is -2.03. The molecule has 0 aliphatic rings. The van der Waals surface area contributed by atoms with Crippen molar-refractivity contribution in [1.82, 2.24) is 4.98 Å². The number of para-hydroxylation sites is 1. The lowest BCUT2D eigenvalue weighted by atomic mass is 10.0. The van der Waals surface area contributed by atoms with Gasteiger partial charge in [-0.05, 0) is 52.2 Å². The summed E-state index contributed by atoms with van der Waals surface area (Å²) in [4.78, 5) is 15.2. The summed E-state index contributed by atoms with van der Waals surface area (Å²) in [6.45, 7) is 1.93. The smallest absolute Gasteiger partial charge is 0.358 e. The maximum atomic E-state index is 11.3. The van der Waals surface area contributed by atoms with Crippen molar-refractivity contribution in [3.63, 3.8) is 0 Å². The standard InChI is InChI=1S/C18H14BrNO4/c1-2-10-8-12(24-11-6-4-3-5-7-11)9-13-14(10)16(21)15(18(22)23)20-17(13)19/h3-9,21H,2H2,1H3,(H,22,23). The molecule has 0 radical (unpaired) electrons. The molecule has 3 rings (SSSR count). The first-order valence-electron chi connectivity index (χ1n) is 7.32. The zero-order valence-electron chi connectivity index (χ0n) is 12.8. The topological polar surface area (TPSA) is 79.7 Å². The van der Waals surface area contributed by atoms with Crippen LogP contribution in [0.15, 0.2) is 47.1 Å². The maximum absolute atomic E-state index is 11.3. The van der Waals surface area contributed by atoms with E-state index in [1.807, 2.05) is 37.3 Å². The van der Waals surface area contributed by atoms with Gasteiger partial charge in [0.25, 0.3) is 0 Å². The average Bonchev–Trinajstić information content (AvgIpc) is 2.58. The molecule has 5 nitrogen and oxygen atoms in total. The maximum Gasteiger partial charge on any atom is 0.358 e. The molecule has 122 valence electrons. The molecule has 6 heteroatoms. The Bertz CT molecular complexity index is 925. The Morgan fingerprint density at radius 3 is 2.54 bits per heavy atom. The molecule has 0 amide bonds. The van der Waals surface area contributed by atoms with Gasteiger partial charge in [0.15, 0.2) is 11.4 Å². The number of carbonyl (C=O) groups is 1. The Balaban J connectivity index is 2.21. The third-order valence-corrected chi connectivity index (χ3v) is 4.25. The van der Waals surface area contributed by atoms with Crippen LogP contribution in [0, 0.1) is 0 Å². The zero-order chi connectivity index (χ0) is 17.3. The van der Waals surface area contributed by atoms with E-state index in [0.717, 1.165) is 5.56 Å². The van der Waals surface area contributed by atoms with Gasteiger partial charge in [0.1, 0.15) is 16.1 Å². The van der Waals surface area contributed by atoms with Crippen molar-refractivity contribution in [2.45, 2.75) is 13.3 Å². The molecule has 0 spiro atoms. The molecule has 2 aromatic carbocycles. The van der Waals surface area contributed by atoms with Gasteiger partial charge in [-0.2, -0.15) is 0 Å². The average molecular weight is 388 g/mol. The van der Waals surface area contributed by atoms with Crippen LogP contribution in [0.3, 0.4) is 0 Å². The second kappa shape index (κ2) is 6.49. The number of ether oxygens (including phenoxy) is 1. The van der Waals surface area contributed by atoms with E-state index in [1.54, 1.807) is 12.1 Å². The highest BCUT2D eigenvalue weighted by molar-refractivity contribution is 9.10. The van der Waals surface area contributed by atoms with Gasteiger partial charge in [-0.3, -0.25) is 0 Å². The number of pyridine rings is 1. The minimum absolute atomic E-state index is 0.330. The zero-order valence-corrected chi connectivity index (χ0v) is 14.4. The van der Waals surface area contributed by atoms with Crippen LogP contribution >= 0.6 is 15.9 Å². The van der Waals surface area contributed by atoms with Crippen LogP contribution in [-0.2, 0) is 6.42 Å². The molecule has 0 saturated heterocycles. The Morgan fingerprint density at radius 2 is 1.92 bits per heavy atom. The summed E-state index contributed by atoms with van der Waals surface area (Å²) in [5, 5.41) is 20.6. The minimum atomic E-state index is -1.28. The lowest BCUT2D eigenvalue weighted by molar-refractivity contribution is 0.0687. The van der Waals surface area contributed by atoms with Gasteiger partial charge >= 0.3 is 5.97 Å². The number of benzene rings is 2. The van der Waals surface area contributed by atoms with E-state index < -0.39 is 5.97 Å². The van der Waals surface area contributed by atoms with Crippen LogP contribution < -0.4 is 4.74 Å². The minimum Gasteiger partial charge on any atom is -0.505 e. The summed E-state index contributed by atoms with van der Waals surface area (Å²) in [5.74, 6) is -0.324. The Kier molecular flexibility index (Phi) is 4.40. The predicted octanol–water partition coefficient (Wildman–Crippen LogP) is 4.76. The quantitative estimate of drug-likeness (QED) is 0.631. The number of hydrogen-bond donors (Lipinski definition) is 2. The molecule has 0 bridgehead atoms. The van der Waals surface area contributed by atoms with E-state index in [-0.39, 0.29) is 11.4 Å². The molecular weight excluding hydrogens is 374 g/mol. The highest BCUT2D eigenvalue weighted by Crippen LogP contribution is 2.38. The normalized spacial score (nSPS) is 10.8. The number of halogens is 1. The molecule has 0 saturated carbocycles. The van der Waals surface area contributed by atoms with E-state index in [9.17, 15) is 15.0 Å². The van der Waals surface area contributed by atoms with E-state index >= 15 is 0 Å². The highest BCUT2D eigenvalue weighted by Gasteiger charge is 2.20. The molecule has 3 aromatic rings. The third kappa shape index (κ3) is 2.92. The summed E-state index contributed by atoms with van der Waals surface area (Å²) in [6.07, 6.45) is 0.603. The van der Waals surface area contributed by atoms with E-state index in [1.165, 1.54) is 0 Å². The molecule has 0 aliphatic carbocycles. The number of rotatable bonds is 4. The summed E-state index contributed by atoms with van der Waals surface area (Å²) in [7, 11) is 0. The van der Waals surface area contributed by atoms with Crippen LogP contribution in [0.1, 0.15) is 23.0 Å². The number of aryl methyl sites for hydroxylation is 1. The van der Waals surface area contributed by atoms with Crippen molar-refractivity contribution in [3.05, 3.63) is 58.3 Å². The van der Waals surface area contributed by atoms with Gasteiger partial charge in [0.05, 0.1) is 0 Å². The molecule has 1 aromatic heterocycles. The number of fused-ring (bicyclic) bond motifs is 1. The van der Waals surface area contributed by atoms with Crippen LogP contribution in [0.2, 0.25) is 0 Å². The van der Waals surface area contributed by atoms with E-state index in [0.29, 0.717) is 33.3 Å². The summed E-state index contributed by atoms with van der Waals surface area (Å²) < 4.78 is 6.20. The number of aromatic carboxylic acids is 1. The van der Waals surface area contributed by atoms with Crippen LogP contribution in [0.5, 0.6) is 17.2 Å². The first kappa shape index (κ1) is 16.3. The van der Waals surface area contributed by atoms with Crippen molar-refractivity contribution < 1.29 is 19.7 Å². The summed E-state index contributed by atoms with van der Waals surface area (Å²) in [5.41, 5.74) is 0.405. The Morgan fingerprint density at radius 1 is 1.21 bits per heavy atom. The van der Waals surface area contributed by atoms with Crippen LogP contribution in [-0.4, -0.2) is 21.2 Å².